The fraction of sp³-hybridized carbons (Fsp3) is 0.164. The Morgan fingerprint density at radius 1 is 0.459 bits per heavy atom. The quantitative estimate of drug-likeness (QED) is 0.168. The predicted octanol–water partition coefficient (Wildman–Crippen LogP) is 19.6. The summed E-state index contributed by atoms with van der Waals surface area (Å²) in [5.74, 6) is 0.914. The Balaban J connectivity index is 0.000000135. The van der Waals surface area contributed by atoms with Gasteiger partial charge in [0.25, 0.3) is 0 Å². The van der Waals surface area contributed by atoms with Gasteiger partial charge < -0.3 is 0 Å². The molecule has 0 saturated heterocycles. The number of hydrogen-bond donors (Lipinski definition) is 0. The third kappa shape index (κ3) is 9.52. The van der Waals surface area contributed by atoms with Gasteiger partial charge in [-0.1, -0.05) is 256 Å². The molecule has 364 valence electrons. The van der Waals surface area contributed by atoms with Crippen LogP contribution >= 0.6 is 0 Å². The molecule has 0 amide bonds. The summed E-state index contributed by atoms with van der Waals surface area (Å²) in [4.78, 5) is 4.08. The zero-order chi connectivity index (χ0) is 51.2. The Hall–Kier alpha value is -8.13. The minimum Gasteiger partial charge on any atom is -0.264 e. The number of nitrogens with zero attached hydrogens (tertiary/aromatic N) is 1. The fourth-order valence-electron chi connectivity index (χ4n) is 11.7. The second-order valence-electron chi connectivity index (χ2n) is 20.1. The molecule has 0 saturated carbocycles. The van der Waals surface area contributed by atoms with Crippen LogP contribution in [0.1, 0.15) is 102 Å². The molecule has 2 unspecified atom stereocenters. The largest absolute Gasteiger partial charge is 0.264 e. The van der Waals surface area contributed by atoms with Gasteiger partial charge in [0, 0.05) is 18.3 Å². The van der Waals surface area contributed by atoms with E-state index in [-0.39, 0.29) is 5.41 Å². The molecule has 1 heteroatoms. The van der Waals surface area contributed by atoms with Crippen molar-refractivity contribution in [3.63, 3.8) is 0 Å². The van der Waals surface area contributed by atoms with Crippen LogP contribution in [0.5, 0.6) is 0 Å². The van der Waals surface area contributed by atoms with Gasteiger partial charge in [0.15, 0.2) is 0 Å². The average Bonchev–Trinajstić information content (AvgIpc) is 3.97. The van der Waals surface area contributed by atoms with Crippen molar-refractivity contribution in [2.45, 2.75) is 72.6 Å². The summed E-state index contributed by atoms with van der Waals surface area (Å²) < 4.78 is 0. The van der Waals surface area contributed by atoms with Gasteiger partial charge in [-0.15, -0.1) is 0 Å². The van der Waals surface area contributed by atoms with Gasteiger partial charge in [0.1, 0.15) is 0 Å². The van der Waals surface area contributed by atoms with Crippen molar-refractivity contribution in [2.75, 3.05) is 0 Å². The topological polar surface area (TPSA) is 12.9 Å². The summed E-state index contributed by atoms with van der Waals surface area (Å²) in [5, 5.41) is 0. The van der Waals surface area contributed by atoms with Crippen LogP contribution in [-0.4, -0.2) is 4.98 Å². The summed E-state index contributed by atoms with van der Waals surface area (Å²) >= 11 is 0. The second-order valence-corrected chi connectivity index (χ2v) is 20.1. The minimum atomic E-state index is -0.189. The molecule has 8 aromatic carbocycles. The van der Waals surface area contributed by atoms with Crippen molar-refractivity contribution in [1.29, 1.82) is 0 Å². The zero-order valence-electron chi connectivity index (χ0n) is 44.1. The molecule has 2 atom stereocenters. The first-order valence-corrected chi connectivity index (χ1v) is 26.7. The number of pyridine rings is 1. The van der Waals surface area contributed by atoms with E-state index < -0.39 is 0 Å². The summed E-state index contributed by atoms with van der Waals surface area (Å²) in [6.07, 6.45) is 17.7. The maximum Gasteiger partial charge on any atom is 0.0725 e. The molecular formula is C73H67N. The molecule has 13 rings (SSSR count). The van der Waals surface area contributed by atoms with Crippen molar-refractivity contribution < 1.29 is 0 Å². The zero-order valence-corrected chi connectivity index (χ0v) is 44.1. The van der Waals surface area contributed by atoms with Crippen LogP contribution in [0.3, 0.4) is 0 Å². The lowest BCUT2D eigenvalue weighted by Gasteiger charge is -2.30. The van der Waals surface area contributed by atoms with Crippen molar-refractivity contribution in [3.05, 3.63) is 304 Å². The first-order chi connectivity index (χ1) is 36.3. The van der Waals surface area contributed by atoms with Gasteiger partial charge in [0.05, 0.1) is 5.41 Å². The number of fused-ring (bicyclic) bond motifs is 10. The van der Waals surface area contributed by atoms with Crippen LogP contribution in [0, 0.1) is 26.7 Å². The van der Waals surface area contributed by atoms with Crippen LogP contribution in [0.4, 0.5) is 0 Å². The molecule has 9 aromatic rings. The molecular weight excluding hydrogens is 891 g/mol. The smallest absolute Gasteiger partial charge is 0.0725 e. The number of rotatable bonds is 5. The Labute approximate surface area is 441 Å². The Kier molecular flexibility index (Phi) is 14.6. The number of hydrogen-bond acceptors (Lipinski definition) is 1. The molecule has 0 bridgehead atoms. The van der Waals surface area contributed by atoms with Crippen molar-refractivity contribution in [2.24, 2.45) is 5.92 Å². The molecule has 0 N–H and O–H groups in total. The molecule has 74 heavy (non-hydrogen) atoms. The highest BCUT2D eigenvalue weighted by molar-refractivity contribution is 5.95. The van der Waals surface area contributed by atoms with E-state index in [9.17, 15) is 0 Å². The molecule has 1 aromatic heterocycles. The maximum absolute atomic E-state index is 4.08. The van der Waals surface area contributed by atoms with Crippen LogP contribution < -0.4 is 0 Å². The predicted molar refractivity (Wildman–Crippen MR) is 316 cm³/mol. The third-order valence-electron chi connectivity index (χ3n) is 15.4. The van der Waals surface area contributed by atoms with E-state index in [0.29, 0.717) is 11.8 Å². The number of benzene rings is 8. The van der Waals surface area contributed by atoms with Crippen LogP contribution in [0.2, 0.25) is 0 Å². The summed E-state index contributed by atoms with van der Waals surface area (Å²) in [5.41, 5.74) is 28.1. The van der Waals surface area contributed by atoms with Gasteiger partial charge in [-0.05, 0) is 159 Å². The lowest BCUT2D eigenvalue weighted by Crippen LogP contribution is -2.25. The van der Waals surface area contributed by atoms with E-state index in [4.69, 9.17) is 0 Å². The number of aromatic nitrogens is 1. The van der Waals surface area contributed by atoms with Gasteiger partial charge in [-0.3, -0.25) is 4.98 Å². The van der Waals surface area contributed by atoms with Crippen molar-refractivity contribution in [3.8, 4) is 44.5 Å². The van der Waals surface area contributed by atoms with E-state index in [1.807, 2.05) is 26.1 Å². The molecule has 1 heterocycles. The van der Waals surface area contributed by atoms with Gasteiger partial charge in [-0.2, -0.15) is 0 Å². The monoisotopic (exact) mass is 958 g/mol. The molecule has 0 aliphatic heterocycles. The van der Waals surface area contributed by atoms with Crippen LogP contribution in [0.15, 0.2) is 249 Å². The Bertz CT molecular complexity index is 3500. The fourth-order valence-corrected chi connectivity index (χ4v) is 11.7. The lowest BCUT2D eigenvalue weighted by molar-refractivity contribution is 0.637. The third-order valence-corrected chi connectivity index (χ3v) is 15.4. The Morgan fingerprint density at radius 2 is 1.03 bits per heavy atom. The molecule has 0 fully saturated rings. The number of aryl methyl sites for hydroxylation is 3. The maximum atomic E-state index is 4.08. The first-order valence-electron chi connectivity index (χ1n) is 26.7. The van der Waals surface area contributed by atoms with Crippen molar-refractivity contribution in [1.82, 2.24) is 4.98 Å². The van der Waals surface area contributed by atoms with Crippen LogP contribution in [-0.2, 0) is 5.41 Å². The van der Waals surface area contributed by atoms with E-state index in [1.54, 1.807) is 6.20 Å². The van der Waals surface area contributed by atoms with Gasteiger partial charge >= 0.3 is 0 Å². The molecule has 4 aliphatic carbocycles. The molecule has 4 aliphatic rings. The van der Waals surface area contributed by atoms with Gasteiger partial charge in [0.2, 0.25) is 0 Å². The highest BCUT2D eigenvalue weighted by Gasteiger charge is 2.51. The highest BCUT2D eigenvalue weighted by Crippen LogP contribution is 2.62. The normalized spacial score (nSPS) is 16.0. The average molecular weight is 958 g/mol. The minimum absolute atomic E-state index is 0.189. The van der Waals surface area contributed by atoms with E-state index in [0.717, 1.165) is 6.42 Å². The summed E-state index contributed by atoms with van der Waals surface area (Å²) in [7, 11) is 0. The number of allylic oxidation sites excluding steroid dienone is 8. The van der Waals surface area contributed by atoms with Crippen LogP contribution in [0.25, 0.3) is 55.7 Å². The van der Waals surface area contributed by atoms with Gasteiger partial charge in [-0.25, -0.2) is 0 Å². The van der Waals surface area contributed by atoms with E-state index in [2.05, 4.69) is 264 Å². The van der Waals surface area contributed by atoms with E-state index in [1.165, 1.54) is 123 Å². The molecule has 1 nitrogen and oxygen atoms in total. The Morgan fingerprint density at radius 3 is 1.66 bits per heavy atom. The first kappa shape index (κ1) is 49.4. The second kappa shape index (κ2) is 21.9. The summed E-state index contributed by atoms with van der Waals surface area (Å²) in [6, 6.07) is 73.0. The highest BCUT2D eigenvalue weighted by atomic mass is 14.6. The van der Waals surface area contributed by atoms with E-state index >= 15 is 0 Å². The lowest BCUT2D eigenvalue weighted by atomic mass is 9.70. The van der Waals surface area contributed by atoms with Crippen molar-refractivity contribution >= 4 is 11.1 Å². The molecule has 1 spiro atoms. The molecule has 0 radical (unpaired) electrons. The SMILES string of the molecule is CC.CC1=C(c2ccc(-c3cccc(C4=CC(c5ccccc5)C(C)C=C4)c3)cc2C)C=CCC1.Cc1ccc(-c2cccnc2)cc1.Cc1ccc2c(c1)C1(c3ccccc3-c3ccccc31)c1ccccc1-2. The standard InChI is InChI=1S/C33H32.C26H18.C12H11N.C2H6/c1-23-10-7-8-15-31(23)32-19-18-29(20-25(32)3)27-13-9-14-28(21-27)30-17-16-24(2)33(22-30)26-11-5-4-6-12-26;1-17-14-15-21-20-10-4-7-13-24(20)26(25(21)16-17)22-11-5-2-8-18(22)19-9-3-6-12-23(19)26;1-10-4-6-11(7-5-10)12-3-2-8-13-9-12;1-2/h4-6,8-9,11-22,24,33H,7,10H2,1-3H3;2-16H,1H3;2-9H,1H3;1-2H3. The summed E-state index contributed by atoms with van der Waals surface area (Å²) in [6.45, 7) is 15.1.